The molecule has 0 bridgehead atoms. The van der Waals surface area contributed by atoms with Crippen LogP contribution in [0.5, 0.6) is 0 Å². The van der Waals surface area contributed by atoms with Gasteiger partial charge in [-0.3, -0.25) is 4.79 Å². The molecule has 0 saturated heterocycles. The Bertz CT molecular complexity index is 971. The number of hydrogen-bond donors (Lipinski definition) is 1. The Balaban J connectivity index is 2.19. The van der Waals surface area contributed by atoms with Gasteiger partial charge in [0.05, 0.1) is 11.1 Å². The van der Waals surface area contributed by atoms with Crippen molar-refractivity contribution in [2.75, 3.05) is 5.32 Å². The average Bonchev–Trinajstić information content (AvgIpc) is 2.62. The molecule has 28 heavy (non-hydrogen) atoms. The van der Waals surface area contributed by atoms with Gasteiger partial charge in [-0.15, -0.1) is 0 Å². The predicted molar refractivity (Wildman–Crippen MR) is 95.0 cm³/mol. The second kappa shape index (κ2) is 8.39. The number of aryl methyl sites for hydroxylation is 1. The lowest BCUT2D eigenvalue weighted by molar-refractivity contribution is -0.137. The van der Waals surface area contributed by atoms with Crippen molar-refractivity contribution >= 4 is 17.6 Å². The topological polar surface area (TPSA) is 79.2 Å². The molecule has 0 heterocycles. The second-order valence-electron chi connectivity index (χ2n) is 5.83. The summed E-state index contributed by atoms with van der Waals surface area (Å²) in [6, 6.07) is 12.0. The van der Waals surface area contributed by atoms with E-state index in [1.54, 1.807) is 18.2 Å². The Morgan fingerprint density at radius 3 is 2.32 bits per heavy atom. The largest absolute Gasteiger partial charge is 0.426 e. The molecule has 5 nitrogen and oxygen atoms in total. The summed E-state index contributed by atoms with van der Waals surface area (Å²) in [7, 11) is 0. The number of esters is 1. The molecule has 8 heteroatoms. The van der Waals surface area contributed by atoms with Gasteiger partial charge in [0.25, 0.3) is 5.91 Å². The van der Waals surface area contributed by atoms with Crippen LogP contribution in [0.2, 0.25) is 0 Å². The van der Waals surface area contributed by atoms with Crippen molar-refractivity contribution in [1.82, 2.24) is 0 Å². The van der Waals surface area contributed by atoms with Gasteiger partial charge in [-0.1, -0.05) is 23.8 Å². The van der Waals surface area contributed by atoms with Crippen LogP contribution in [0.3, 0.4) is 0 Å². The SMILES string of the molecule is CC(OC(=O)c1ccc(C)cc1)=C(C#N)C(=O)Nc1cccc(C(F)(F)F)c1. The monoisotopic (exact) mass is 388 g/mol. The summed E-state index contributed by atoms with van der Waals surface area (Å²) < 4.78 is 43.3. The van der Waals surface area contributed by atoms with Crippen molar-refractivity contribution in [2.45, 2.75) is 20.0 Å². The molecule has 2 rings (SSSR count). The van der Waals surface area contributed by atoms with Crippen LogP contribution in [-0.2, 0) is 15.7 Å². The van der Waals surface area contributed by atoms with Crippen molar-refractivity contribution in [3.63, 3.8) is 0 Å². The number of allylic oxidation sites excluding steroid dienone is 1. The number of carbonyl (C=O) groups excluding carboxylic acids is 2. The van der Waals surface area contributed by atoms with E-state index in [-0.39, 0.29) is 17.0 Å². The first kappa shape index (κ1) is 20.7. The Hall–Kier alpha value is -3.60. The maximum atomic E-state index is 12.8. The van der Waals surface area contributed by atoms with Crippen LogP contribution in [0, 0.1) is 18.3 Å². The van der Waals surface area contributed by atoms with E-state index in [0.29, 0.717) is 0 Å². The summed E-state index contributed by atoms with van der Waals surface area (Å²) >= 11 is 0. The van der Waals surface area contributed by atoms with E-state index in [4.69, 9.17) is 4.74 Å². The zero-order valence-corrected chi connectivity index (χ0v) is 14.9. The molecule has 0 aliphatic heterocycles. The Morgan fingerprint density at radius 2 is 1.75 bits per heavy atom. The third-order valence-electron chi connectivity index (χ3n) is 3.67. The van der Waals surface area contributed by atoms with E-state index >= 15 is 0 Å². The third kappa shape index (κ3) is 5.20. The van der Waals surface area contributed by atoms with Crippen molar-refractivity contribution < 1.29 is 27.5 Å². The van der Waals surface area contributed by atoms with Crippen LogP contribution in [0.25, 0.3) is 0 Å². The number of rotatable bonds is 4. The first-order chi connectivity index (χ1) is 13.1. The summed E-state index contributed by atoms with van der Waals surface area (Å²) in [5.74, 6) is -2.02. The van der Waals surface area contributed by atoms with Gasteiger partial charge in [-0.25, -0.2) is 4.79 Å². The van der Waals surface area contributed by atoms with Crippen LogP contribution in [0.1, 0.15) is 28.4 Å². The van der Waals surface area contributed by atoms with Gasteiger partial charge in [0.15, 0.2) is 5.57 Å². The van der Waals surface area contributed by atoms with Crippen LogP contribution in [-0.4, -0.2) is 11.9 Å². The summed E-state index contributed by atoms with van der Waals surface area (Å²) in [6.45, 7) is 3.09. The molecule has 0 aliphatic carbocycles. The fourth-order valence-corrected chi connectivity index (χ4v) is 2.19. The minimum absolute atomic E-state index is 0.148. The molecule has 0 radical (unpaired) electrons. The molecule has 2 aromatic rings. The van der Waals surface area contributed by atoms with E-state index < -0.39 is 29.2 Å². The van der Waals surface area contributed by atoms with Crippen molar-refractivity contribution in [1.29, 1.82) is 5.26 Å². The van der Waals surface area contributed by atoms with E-state index in [1.165, 1.54) is 25.1 Å². The van der Waals surface area contributed by atoms with Gasteiger partial charge in [-0.05, 0) is 44.2 Å². The lowest BCUT2D eigenvalue weighted by atomic mass is 10.1. The number of nitrogens with one attached hydrogen (secondary N) is 1. The second-order valence-corrected chi connectivity index (χ2v) is 5.83. The Morgan fingerprint density at radius 1 is 1.11 bits per heavy atom. The van der Waals surface area contributed by atoms with Gasteiger partial charge in [-0.2, -0.15) is 18.4 Å². The fraction of sp³-hybridized carbons (Fsp3) is 0.150. The quantitative estimate of drug-likeness (QED) is 0.359. The van der Waals surface area contributed by atoms with E-state index in [1.807, 2.05) is 6.92 Å². The molecule has 0 spiro atoms. The van der Waals surface area contributed by atoms with E-state index in [2.05, 4.69) is 5.32 Å². The summed E-state index contributed by atoms with van der Waals surface area (Å²) in [6.07, 6.45) is -4.58. The predicted octanol–water partition coefficient (Wildman–Crippen LogP) is 4.61. The number of ether oxygens (including phenoxy) is 1. The molecular formula is C20H15F3N2O3. The molecule has 1 N–H and O–H groups in total. The molecule has 1 amide bonds. The van der Waals surface area contributed by atoms with Gasteiger partial charge >= 0.3 is 12.1 Å². The van der Waals surface area contributed by atoms with Gasteiger partial charge in [0.2, 0.25) is 0 Å². The van der Waals surface area contributed by atoms with Gasteiger partial charge in [0, 0.05) is 5.69 Å². The first-order valence-electron chi connectivity index (χ1n) is 8.00. The number of nitrogens with zero attached hydrogens (tertiary/aromatic N) is 1. The standard InChI is InChI=1S/C20H15F3N2O3/c1-12-6-8-14(9-7-12)19(27)28-13(2)17(11-24)18(26)25-16-5-3-4-15(10-16)20(21,22)23/h3-10H,1-2H3,(H,25,26). The molecule has 144 valence electrons. The number of hydrogen-bond acceptors (Lipinski definition) is 4. The minimum atomic E-state index is -4.58. The van der Waals surface area contributed by atoms with Crippen molar-refractivity contribution in [3.8, 4) is 6.07 Å². The highest BCUT2D eigenvalue weighted by atomic mass is 19.4. The number of nitriles is 1. The third-order valence-corrected chi connectivity index (χ3v) is 3.67. The van der Waals surface area contributed by atoms with Crippen molar-refractivity contribution in [2.24, 2.45) is 0 Å². The highest BCUT2D eigenvalue weighted by molar-refractivity contribution is 6.07. The number of halogens is 3. The lowest BCUT2D eigenvalue weighted by Gasteiger charge is -2.11. The average molecular weight is 388 g/mol. The molecular weight excluding hydrogens is 373 g/mol. The first-order valence-corrected chi connectivity index (χ1v) is 8.00. The summed E-state index contributed by atoms with van der Waals surface area (Å²) in [4.78, 5) is 24.3. The maximum Gasteiger partial charge on any atom is 0.416 e. The number of anilines is 1. The normalized spacial score (nSPS) is 11.9. The minimum Gasteiger partial charge on any atom is -0.426 e. The lowest BCUT2D eigenvalue weighted by Crippen LogP contribution is -2.17. The Kier molecular flexibility index (Phi) is 6.21. The highest BCUT2D eigenvalue weighted by Crippen LogP contribution is 2.30. The Labute approximate surface area is 159 Å². The van der Waals surface area contributed by atoms with Crippen LogP contribution < -0.4 is 5.32 Å². The molecule has 0 aliphatic rings. The number of carbonyl (C=O) groups is 2. The molecule has 2 aromatic carbocycles. The molecule has 0 atom stereocenters. The highest BCUT2D eigenvalue weighted by Gasteiger charge is 2.30. The molecule has 0 fully saturated rings. The zero-order valence-electron chi connectivity index (χ0n) is 14.9. The van der Waals surface area contributed by atoms with Crippen LogP contribution >= 0.6 is 0 Å². The number of amides is 1. The van der Waals surface area contributed by atoms with E-state index in [0.717, 1.165) is 23.8 Å². The molecule has 0 aromatic heterocycles. The van der Waals surface area contributed by atoms with Gasteiger partial charge < -0.3 is 10.1 Å². The summed E-state index contributed by atoms with van der Waals surface area (Å²) in [5, 5.41) is 11.4. The maximum absolute atomic E-state index is 12.8. The zero-order chi connectivity index (χ0) is 20.9. The van der Waals surface area contributed by atoms with Gasteiger partial charge in [0.1, 0.15) is 11.8 Å². The summed E-state index contributed by atoms with van der Waals surface area (Å²) in [5.41, 5.74) is -0.471. The number of benzene rings is 2. The molecule has 0 unspecified atom stereocenters. The fourth-order valence-electron chi connectivity index (χ4n) is 2.19. The molecule has 0 saturated carbocycles. The van der Waals surface area contributed by atoms with E-state index in [9.17, 15) is 28.0 Å². The smallest absolute Gasteiger partial charge is 0.416 e. The van der Waals surface area contributed by atoms with Crippen LogP contribution in [0.15, 0.2) is 59.9 Å². The number of alkyl halides is 3. The van der Waals surface area contributed by atoms with Crippen molar-refractivity contribution in [3.05, 3.63) is 76.6 Å². The van der Waals surface area contributed by atoms with Crippen LogP contribution in [0.4, 0.5) is 18.9 Å².